The van der Waals surface area contributed by atoms with E-state index >= 15 is 0 Å². The van der Waals surface area contributed by atoms with E-state index in [4.69, 9.17) is 9.47 Å². The van der Waals surface area contributed by atoms with Crippen LogP contribution in [0.4, 0.5) is 0 Å². The van der Waals surface area contributed by atoms with Gasteiger partial charge in [0.25, 0.3) is 0 Å². The first kappa shape index (κ1) is 11.0. The van der Waals surface area contributed by atoms with Crippen LogP contribution in [0, 0.1) is 0 Å². The number of hydrogen-bond donors (Lipinski definition) is 1. The highest BCUT2D eigenvalue weighted by molar-refractivity contribution is 7.80. The second kappa shape index (κ2) is 5.01. The van der Waals surface area contributed by atoms with Crippen molar-refractivity contribution in [1.29, 1.82) is 0 Å². The van der Waals surface area contributed by atoms with Gasteiger partial charge >= 0.3 is 5.97 Å². The van der Waals surface area contributed by atoms with Crippen LogP contribution in [0.2, 0.25) is 0 Å². The maximum absolute atomic E-state index is 11.5. The van der Waals surface area contributed by atoms with Crippen LogP contribution in [-0.2, 0) is 9.47 Å². The number of rotatable bonds is 3. The number of hydrogen-bond acceptors (Lipinski definition) is 5. The van der Waals surface area contributed by atoms with Gasteiger partial charge in [-0.05, 0) is 18.9 Å². The van der Waals surface area contributed by atoms with Gasteiger partial charge in [-0.3, -0.25) is 0 Å². The van der Waals surface area contributed by atoms with Crippen molar-refractivity contribution in [3.63, 3.8) is 0 Å². The molecule has 1 aromatic rings. The molecule has 0 spiro atoms. The van der Waals surface area contributed by atoms with E-state index in [9.17, 15) is 4.79 Å². The standard InChI is InChI=1S/C10H12O3S2/c11-10(9-4-8(14)6-15-9)13-5-7-2-1-3-12-7/h4,6-7,14H,1-3,5H2. The topological polar surface area (TPSA) is 35.5 Å². The van der Waals surface area contributed by atoms with Crippen molar-refractivity contribution in [1.82, 2.24) is 0 Å². The molecule has 1 aliphatic heterocycles. The first-order valence-corrected chi connectivity index (χ1v) is 6.14. The molecular formula is C10H12O3S2. The third kappa shape index (κ3) is 2.96. The Labute approximate surface area is 97.8 Å². The molecule has 0 N–H and O–H groups in total. The molecule has 2 rings (SSSR count). The quantitative estimate of drug-likeness (QED) is 0.655. The van der Waals surface area contributed by atoms with Gasteiger partial charge in [-0.25, -0.2) is 4.79 Å². The lowest BCUT2D eigenvalue weighted by Crippen LogP contribution is -2.17. The minimum absolute atomic E-state index is 0.0874. The lowest BCUT2D eigenvalue weighted by atomic mass is 10.2. The molecule has 0 amide bonds. The smallest absolute Gasteiger partial charge is 0.348 e. The Balaban J connectivity index is 1.81. The van der Waals surface area contributed by atoms with E-state index in [0.717, 1.165) is 24.3 Å². The van der Waals surface area contributed by atoms with Gasteiger partial charge in [0.1, 0.15) is 11.5 Å². The maximum Gasteiger partial charge on any atom is 0.348 e. The van der Waals surface area contributed by atoms with Crippen molar-refractivity contribution in [2.45, 2.75) is 23.8 Å². The largest absolute Gasteiger partial charge is 0.459 e. The number of carbonyl (C=O) groups excluding carboxylic acids is 1. The van der Waals surface area contributed by atoms with E-state index in [-0.39, 0.29) is 12.1 Å². The van der Waals surface area contributed by atoms with Gasteiger partial charge in [-0.1, -0.05) is 0 Å². The number of esters is 1. The molecule has 0 aliphatic carbocycles. The summed E-state index contributed by atoms with van der Waals surface area (Å²) in [6.07, 6.45) is 2.13. The molecule has 3 nitrogen and oxygen atoms in total. The molecule has 0 aromatic carbocycles. The van der Waals surface area contributed by atoms with Gasteiger partial charge in [0, 0.05) is 16.9 Å². The van der Waals surface area contributed by atoms with Gasteiger partial charge < -0.3 is 9.47 Å². The predicted molar refractivity (Wildman–Crippen MR) is 60.8 cm³/mol. The molecule has 1 saturated heterocycles. The van der Waals surface area contributed by atoms with Crippen molar-refractivity contribution in [3.8, 4) is 0 Å². The van der Waals surface area contributed by atoms with Gasteiger partial charge in [-0.15, -0.1) is 24.0 Å². The van der Waals surface area contributed by atoms with E-state index < -0.39 is 0 Å². The summed E-state index contributed by atoms with van der Waals surface area (Å²) in [5.41, 5.74) is 0. The van der Waals surface area contributed by atoms with Crippen molar-refractivity contribution in [2.75, 3.05) is 13.2 Å². The molecule has 1 aromatic heterocycles. The molecule has 2 heterocycles. The Morgan fingerprint density at radius 1 is 1.73 bits per heavy atom. The fraction of sp³-hybridized carbons (Fsp3) is 0.500. The van der Waals surface area contributed by atoms with Crippen molar-refractivity contribution < 1.29 is 14.3 Å². The molecule has 5 heteroatoms. The monoisotopic (exact) mass is 244 g/mol. The molecule has 1 unspecified atom stereocenters. The van der Waals surface area contributed by atoms with Crippen molar-refractivity contribution in [2.24, 2.45) is 0 Å². The predicted octanol–water partition coefficient (Wildman–Crippen LogP) is 2.37. The summed E-state index contributed by atoms with van der Waals surface area (Å²) < 4.78 is 10.5. The van der Waals surface area contributed by atoms with Gasteiger partial charge in [0.2, 0.25) is 0 Å². The highest BCUT2D eigenvalue weighted by Gasteiger charge is 2.18. The van der Waals surface area contributed by atoms with Crippen LogP contribution in [0.5, 0.6) is 0 Å². The molecule has 0 bridgehead atoms. The Morgan fingerprint density at radius 3 is 3.20 bits per heavy atom. The second-order valence-electron chi connectivity index (χ2n) is 3.40. The molecule has 1 fully saturated rings. The Hall–Kier alpha value is -0.520. The summed E-state index contributed by atoms with van der Waals surface area (Å²) in [5, 5.41) is 1.81. The van der Waals surface area contributed by atoms with E-state index in [1.807, 2.05) is 5.38 Å². The van der Waals surface area contributed by atoms with Gasteiger partial charge in [0.15, 0.2) is 0 Å². The van der Waals surface area contributed by atoms with Gasteiger partial charge in [0.05, 0.1) is 6.10 Å². The number of carbonyl (C=O) groups is 1. The molecule has 1 aliphatic rings. The summed E-state index contributed by atoms with van der Waals surface area (Å²) in [6, 6.07) is 1.71. The zero-order chi connectivity index (χ0) is 10.7. The first-order chi connectivity index (χ1) is 7.25. The third-order valence-corrected chi connectivity index (χ3v) is 3.55. The summed E-state index contributed by atoms with van der Waals surface area (Å²) in [6.45, 7) is 1.14. The van der Waals surface area contributed by atoms with Crippen LogP contribution in [0.1, 0.15) is 22.5 Å². The number of ether oxygens (including phenoxy) is 2. The second-order valence-corrected chi connectivity index (χ2v) is 4.83. The lowest BCUT2D eigenvalue weighted by molar-refractivity contribution is 0.0165. The fourth-order valence-corrected chi connectivity index (χ4v) is 2.49. The fourth-order valence-electron chi connectivity index (χ4n) is 1.45. The summed E-state index contributed by atoms with van der Waals surface area (Å²) in [7, 11) is 0. The highest BCUT2D eigenvalue weighted by atomic mass is 32.1. The Morgan fingerprint density at radius 2 is 2.60 bits per heavy atom. The van der Waals surface area contributed by atoms with Gasteiger partial charge in [-0.2, -0.15) is 0 Å². The zero-order valence-corrected chi connectivity index (χ0v) is 9.85. The average Bonchev–Trinajstić information content (AvgIpc) is 2.84. The maximum atomic E-state index is 11.5. The average molecular weight is 244 g/mol. The summed E-state index contributed by atoms with van der Waals surface area (Å²) >= 11 is 5.48. The highest BCUT2D eigenvalue weighted by Crippen LogP contribution is 2.19. The summed E-state index contributed by atoms with van der Waals surface area (Å²) in [4.78, 5) is 12.9. The number of thiol groups is 1. The minimum atomic E-state index is -0.282. The SMILES string of the molecule is O=C(OCC1CCCO1)c1cc(S)cs1. The number of thiophene rings is 1. The molecule has 82 valence electrons. The lowest BCUT2D eigenvalue weighted by Gasteiger charge is -2.08. The normalized spacial score (nSPS) is 20.5. The van der Waals surface area contributed by atoms with Crippen LogP contribution in [0.15, 0.2) is 16.3 Å². The van der Waals surface area contributed by atoms with Crippen LogP contribution >= 0.6 is 24.0 Å². The van der Waals surface area contributed by atoms with E-state index in [0.29, 0.717) is 11.5 Å². The first-order valence-electron chi connectivity index (χ1n) is 4.82. The molecule has 0 radical (unpaired) electrons. The molecular weight excluding hydrogens is 232 g/mol. The zero-order valence-electron chi connectivity index (χ0n) is 8.14. The third-order valence-electron chi connectivity index (χ3n) is 2.21. The molecule has 1 atom stereocenters. The molecule has 15 heavy (non-hydrogen) atoms. The molecule has 0 saturated carbocycles. The Bertz CT molecular complexity index is 342. The summed E-state index contributed by atoms with van der Waals surface area (Å²) in [5.74, 6) is -0.282. The van der Waals surface area contributed by atoms with E-state index in [1.54, 1.807) is 6.07 Å². The van der Waals surface area contributed by atoms with Crippen LogP contribution in [0.3, 0.4) is 0 Å². The van der Waals surface area contributed by atoms with Crippen molar-refractivity contribution in [3.05, 3.63) is 16.3 Å². The van der Waals surface area contributed by atoms with Crippen molar-refractivity contribution >= 4 is 29.9 Å². The van der Waals surface area contributed by atoms with E-state index in [1.165, 1.54) is 11.3 Å². The minimum Gasteiger partial charge on any atom is -0.459 e. The van der Waals surface area contributed by atoms with Crippen LogP contribution in [0.25, 0.3) is 0 Å². The van der Waals surface area contributed by atoms with Crippen LogP contribution in [-0.4, -0.2) is 25.3 Å². The van der Waals surface area contributed by atoms with E-state index in [2.05, 4.69) is 12.6 Å². The Kier molecular flexibility index (Phi) is 3.66. The van der Waals surface area contributed by atoms with Crippen LogP contribution < -0.4 is 0 Å².